The van der Waals surface area contributed by atoms with Crippen LogP contribution in [0.3, 0.4) is 0 Å². The van der Waals surface area contributed by atoms with Gasteiger partial charge in [-0.2, -0.15) is 0 Å². The molecular formula is C19H22N6O. The van der Waals surface area contributed by atoms with E-state index < -0.39 is 6.04 Å². The van der Waals surface area contributed by atoms with Crippen molar-refractivity contribution < 1.29 is 4.74 Å². The summed E-state index contributed by atoms with van der Waals surface area (Å²) < 4.78 is 5.45. The number of fused-ring (bicyclic) bond motifs is 1. The number of aromatic nitrogens is 4. The lowest BCUT2D eigenvalue weighted by atomic mass is 10.0. The van der Waals surface area contributed by atoms with E-state index in [-0.39, 0.29) is 0 Å². The van der Waals surface area contributed by atoms with Gasteiger partial charge in [-0.25, -0.2) is 15.0 Å². The van der Waals surface area contributed by atoms with Crippen LogP contribution in [0.25, 0.3) is 10.9 Å². The molecule has 0 saturated carbocycles. The molecule has 26 heavy (non-hydrogen) atoms. The van der Waals surface area contributed by atoms with Crippen molar-refractivity contribution in [2.75, 3.05) is 25.1 Å². The minimum atomic E-state index is -0.406. The van der Waals surface area contributed by atoms with Gasteiger partial charge in [0.15, 0.2) is 0 Å². The highest BCUT2D eigenvalue weighted by Crippen LogP contribution is 2.27. The fraction of sp³-hybridized carbons (Fsp3) is 0.368. The van der Waals surface area contributed by atoms with Crippen LogP contribution >= 0.6 is 0 Å². The van der Waals surface area contributed by atoms with E-state index in [4.69, 9.17) is 10.5 Å². The van der Waals surface area contributed by atoms with Gasteiger partial charge in [0.25, 0.3) is 0 Å². The summed E-state index contributed by atoms with van der Waals surface area (Å²) in [6.07, 6.45) is 7.41. The Balaban J connectivity index is 1.69. The van der Waals surface area contributed by atoms with Crippen LogP contribution in [0.5, 0.6) is 0 Å². The Morgan fingerprint density at radius 1 is 1.15 bits per heavy atom. The van der Waals surface area contributed by atoms with E-state index >= 15 is 0 Å². The first-order valence-electron chi connectivity index (χ1n) is 8.81. The molecular weight excluding hydrogens is 328 g/mol. The number of rotatable bonds is 4. The third-order valence-corrected chi connectivity index (χ3v) is 4.94. The summed E-state index contributed by atoms with van der Waals surface area (Å²) in [5.41, 5.74) is 8.78. The van der Waals surface area contributed by atoms with Crippen molar-refractivity contribution in [2.24, 2.45) is 5.73 Å². The lowest BCUT2D eigenvalue weighted by Crippen LogP contribution is -2.37. The van der Waals surface area contributed by atoms with Crippen LogP contribution < -0.4 is 10.6 Å². The van der Waals surface area contributed by atoms with Crippen molar-refractivity contribution in [2.45, 2.75) is 25.0 Å². The van der Waals surface area contributed by atoms with Crippen LogP contribution in [-0.4, -0.2) is 46.2 Å². The number of hydrogen-bond acceptors (Lipinski definition) is 7. The van der Waals surface area contributed by atoms with Crippen molar-refractivity contribution in [3.05, 3.63) is 54.4 Å². The number of nitrogens with zero attached hydrogens (tertiary/aromatic N) is 5. The first-order chi connectivity index (χ1) is 12.8. The molecule has 134 valence electrons. The molecule has 3 aromatic rings. The van der Waals surface area contributed by atoms with Gasteiger partial charge < -0.3 is 15.4 Å². The largest absolute Gasteiger partial charge is 0.381 e. The topological polar surface area (TPSA) is 90.1 Å². The molecule has 1 fully saturated rings. The van der Waals surface area contributed by atoms with E-state index in [0.29, 0.717) is 6.10 Å². The predicted molar refractivity (Wildman–Crippen MR) is 99.8 cm³/mol. The molecule has 1 unspecified atom stereocenters. The lowest BCUT2D eigenvalue weighted by Gasteiger charge is -2.32. The number of nitrogens with two attached hydrogens (primary N) is 1. The maximum Gasteiger partial charge on any atom is 0.129 e. The van der Waals surface area contributed by atoms with Crippen molar-refractivity contribution in [1.29, 1.82) is 0 Å². The number of anilines is 1. The Morgan fingerprint density at radius 2 is 2.00 bits per heavy atom. The Bertz CT molecular complexity index is 880. The van der Waals surface area contributed by atoms with Crippen LogP contribution in [0.15, 0.2) is 43.0 Å². The summed E-state index contributed by atoms with van der Waals surface area (Å²) in [5, 5.41) is 0.921. The van der Waals surface area contributed by atoms with Gasteiger partial charge in [-0.1, -0.05) is 6.07 Å². The van der Waals surface area contributed by atoms with Gasteiger partial charge in [-0.05, 0) is 31.0 Å². The molecule has 7 nitrogen and oxygen atoms in total. The van der Waals surface area contributed by atoms with E-state index in [1.54, 1.807) is 19.5 Å². The molecule has 4 heterocycles. The standard InChI is InChI=1S/C19H22N6O/c1-26-13-5-8-25(9-6-13)17-10-14-16(11-22-17)23-12-24-19(14)18(20)15-4-2-3-7-21-15/h2-4,7,10-13,18H,5-6,8-9,20H2,1H3. The second kappa shape index (κ2) is 7.31. The number of pyridine rings is 2. The average molecular weight is 350 g/mol. The number of methoxy groups -OCH3 is 1. The Hall–Kier alpha value is -2.64. The van der Waals surface area contributed by atoms with Gasteiger partial charge in [-0.3, -0.25) is 4.98 Å². The zero-order valence-corrected chi connectivity index (χ0v) is 14.7. The maximum atomic E-state index is 6.44. The molecule has 0 aliphatic carbocycles. The Morgan fingerprint density at radius 3 is 2.73 bits per heavy atom. The van der Waals surface area contributed by atoms with Crippen LogP contribution in [0, 0.1) is 0 Å². The Kier molecular flexibility index (Phi) is 4.73. The number of piperidine rings is 1. The van der Waals surface area contributed by atoms with Gasteiger partial charge in [0.2, 0.25) is 0 Å². The van der Waals surface area contributed by atoms with Gasteiger partial charge in [0.05, 0.1) is 35.2 Å². The smallest absolute Gasteiger partial charge is 0.129 e. The summed E-state index contributed by atoms with van der Waals surface area (Å²) in [6.45, 7) is 1.85. The van der Waals surface area contributed by atoms with Gasteiger partial charge >= 0.3 is 0 Å². The molecule has 0 radical (unpaired) electrons. The second-order valence-electron chi connectivity index (χ2n) is 6.47. The normalized spacial score (nSPS) is 16.8. The number of hydrogen-bond donors (Lipinski definition) is 1. The summed E-state index contributed by atoms with van der Waals surface area (Å²) in [7, 11) is 1.78. The lowest BCUT2D eigenvalue weighted by molar-refractivity contribution is 0.0818. The zero-order chi connectivity index (χ0) is 17.9. The minimum Gasteiger partial charge on any atom is -0.381 e. The summed E-state index contributed by atoms with van der Waals surface area (Å²) in [5.74, 6) is 0.927. The molecule has 7 heteroatoms. The average Bonchev–Trinajstić information content (AvgIpc) is 2.73. The third-order valence-electron chi connectivity index (χ3n) is 4.94. The first kappa shape index (κ1) is 16.8. The molecule has 0 bridgehead atoms. The quantitative estimate of drug-likeness (QED) is 0.770. The van der Waals surface area contributed by atoms with E-state index in [9.17, 15) is 0 Å². The monoisotopic (exact) mass is 350 g/mol. The van der Waals surface area contributed by atoms with E-state index in [1.165, 1.54) is 6.33 Å². The summed E-state index contributed by atoms with van der Waals surface area (Å²) in [4.78, 5) is 20.0. The van der Waals surface area contributed by atoms with E-state index in [2.05, 4.69) is 24.8 Å². The first-order valence-corrected chi connectivity index (χ1v) is 8.81. The maximum absolute atomic E-state index is 6.44. The van der Waals surface area contributed by atoms with Gasteiger partial charge in [-0.15, -0.1) is 0 Å². The van der Waals surface area contributed by atoms with Crippen molar-refractivity contribution in [3.63, 3.8) is 0 Å². The van der Waals surface area contributed by atoms with Crippen molar-refractivity contribution in [3.8, 4) is 0 Å². The van der Waals surface area contributed by atoms with Crippen molar-refractivity contribution in [1.82, 2.24) is 19.9 Å². The molecule has 3 aromatic heterocycles. The highest BCUT2D eigenvalue weighted by atomic mass is 16.5. The highest BCUT2D eigenvalue weighted by Gasteiger charge is 2.21. The summed E-state index contributed by atoms with van der Waals surface area (Å²) >= 11 is 0. The molecule has 1 aliphatic heterocycles. The molecule has 4 rings (SSSR count). The molecule has 0 spiro atoms. The van der Waals surface area contributed by atoms with Gasteiger partial charge in [0.1, 0.15) is 12.1 Å². The van der Waals surface area contributed by atoms with E-state index in [1.807, 2.05) is 24.3 Å². The zero-order valence-electron chi connectivity index (χ0n) is 14.7. The molecule has 2 N–H and O–H groups in total. The Labute approximate surface area is 152 Å². The molecule has 0 aromatic carbocycles. The third kappa shape index (κ3) is 3.23. The predicted octanol–water partition coefficient (Wildman–Crippen LogP) is 2.08. The molecule has 0 amide bonds. The fourth-order valence-electron chi connectivity index (χ4n) is 3.41. The summed E-state index contributed by atoms with van der Waals surface area (Å²) in [6, 6.07) is 7.35. The van der Waals surface area contributed by atoms with Gasteiger partial charge in [0, 0.05) is 31.8 Å². The van der Waals surface area contributed by atoms with Crippen LogP contribution in [-0.2, 0) is 4.74 Å². The van der Waals surface area contributed by atoms with Crippen LogP contribution in [0.4, 0.5) is 5.82 Å². The second-order valence-corrected chi connectivity index (χ2v) is 6.47. The fourth-order valence-corrected chi connectivity index (χ4v) is 3.41. The van der Waals surface area contributed by atoms with E-state index in [0.717, 1.165) is 54.0 Å². The molecule has 1 aliphatic rings. The molecule has 1 atom stereocenters. The van der Waals surface area contributed by atoms with Crippen LogP contribution in [0.1, 0.15) is 30.3 Å². The highest BCUT2D eigenvalue weighted by molar-refractivity contribution is 5.83. The SMILES string of the molecule is COC1CCN(c2cc3c(C(N)c4ccccn4)ncnc3cn2)CC1. The minimum absolute atomic E-state index is 0.336. The number of ether oxygens (including phenoxy) is 1. The van der Waals surface area contributed by atoms with Crippen LogP contribution in [0.2, 0.25) is 0 Å². The molecule has 1 saturated heterocycles. The van der Waals surface area contributed by atoms with Crippen molar-refractivity contribution >= 4 is 16.7 Å².